The van der Waals surface area contributed by atoms with Crippen LogP contribution >= 0.6 is 12.4 Å². The summed E-state index contributed by atoms with van der Waals surface area (Å²) in [5.74, 6) is -0.428. The summed E-state index contributed by atoms with van der Waals surface area (Å²) >= 11 is 0. The minimum Gasteiger partial charge on any atom is -0.480 e. The van der Waals surface area contributed by atoms with E-state index in [4.69, 9.17) is 5.11 Å². The van der Waals surface area contributed by atoms with Gasteiger partial charge in [-0.05, 0) is 36.5 Å². The number of nitrogens with zero attached hydrogens (tertiary/aromatic N) is 1. The minimum atomic E-state index is -0.812. The van der Waals surface area contributed by atoms with Gasteiger partial charge in [0.05, 0.1) is 6.54 Å². The third kappa shape index (κ3) is 5.02. The number of aliphatic carboxylic acids is 1. The highest BCUT2D eigenvalue weighted by Gasteiger charge is 2.25. The first-order valence-electron chi connectivity index (χ1n) is 5.82. The second-order valence-electron chi connectivity index (χ2n) is 4.63. The molecule has 0 unspecified atom stereocenters. The van der Waals surface area contributed by atoms with Gasteiger partial charge in [0.2, 0.25) is 0 Å². The van der Waals surface area contributed by atoms with Gasteiger partial charge in [-0.2, -0.15) is 0 Å². The van der Waals surface area contributed by atoms with Gasteiger partial charge in [-0.1, -0.05) is 12.1 Å². The Balaban J connectivity index is 0.00000162. The zero-order chi connectivity index (χ0) is 12.3. The quantitative estimate of drug-likeness (QED) is 0.866. The van der Waals surface area contributed by atoms with E-state index >= 15 is 0 Å². The molecule has 0 amide bonds. The van der Waals surface area contributed by atoms with Crippen LogP contribution in [-0.4, -0.2) is 29.1 Å². The lowest BCUT2D eigenvalue weighted by Gasteiger charge is -2.20. The predicted octanol–water partition coefficient (Wildman–Crippen LogP) is 2.54. The first kappa shape index (κ1) is 14.9. The summed E-state index contributed by atoms with van der Waals surface area (Å²) in [4.78, 5) is 12.7. The second-order valence-corrected chi connectivity index (χ2v) is 4.63. The van der Waals surface area contributed by atoms with Crippen LogP contribution in [0.2, 0.25) is 0 Å². The molecule has 0 aromatic heterocycles. The molecule has 1 fully saturated rings. The van der Waals surface area contributed by atoms with Crippen LogP contribution in [0.3, 0.4) is 0 Å². The molecule has 100 valence electrons. The fourth-order valence-electron chi connectivity index (χ4n) is 1.89. The minimum absolute atomic E-state index is 0. The Morgan fingerprint density at radius 1 is 1.33 bits per heavy atom. The normalized spacial score (nSPS) is 14.3. The van der Waals surface area contributed by atoms with Gasteiger partial charge in [-0.15, -0.1) is 12.4 Å². The molecule has 0 bridgehead atoms. The van der Waals surface area contributed by atoms with Crippen molar-refractivity contribution < 1.29 is 14.3 Å². The van der Waals surface area contributed by atoms with E-state index in [1.54, 1.807) is 12.1 Å². The number of benzene rings is 1. The van der Waals surface area contributed by atoms with Crippen LogP contribution in [0.1, 0.15) is 18.4 Å². The fraction of sp³-hybridized carbons (Fsp3) is 0.462. The molecule has 1 aromatic rings. The first-order valence-corrected chi connectivity index (χ1v) is 5.82. The van der Waals surface area contributed by atoms with Crippen molar-refractivity contribution in [3.05, 3.63) is 35.6 Å². The molecule has 1 N–H and O–H groups in total. The van der Waals surface area contributed by atoms with E-state index in [1.807, 2.05) is 4.90 Å². The monoisotopic (exact) mass is 273 g/mol. The van der Waals surface area contributed by atoms with Crippen LogP contribution in [-0.2, 0) is 11.3 Å². The highest BCUT2D eigenvalue weighted by molar-refractivity contribution is 5.85. The number of hydrogen-bond donors (Lipinski definition) is 1. The summed E-state index contributed by atoms with van der Waals surface area (Å²) in [6.45, 7) is 1.45. The van der Waals surface area contributed by atoms with E-state index in [-0.39, 0.29) is 24.8 Å². The van der Waals surface area contributed by atoms with Crippen molar-refractivity contribution in [2.75, 3.05) is 13.1 Å². The molecule has 0 spiro atoms. The maximum atomic E-state index is 12.7. The van der Waals surface area contributed by atoms with Crippen LogP contribution in [0.25, 0.3) is 0 Å². The molecule has 5 heteroatoms. The van der Waals surface area contributed by atoms with Crippen LogP contribution in [0, 0.1) is 11.7 Å². The summed E-state index contributed by atoms with van der Waals surface area (Å²) in [7, 11) is 0. The zero-order valence-electron chi connectivity index (χ0n) is 10.0. The van der Waals surface area contributed by atoms with Gasteiger partial charge >= 0.3 is 5.97 Å². The van der Waals surface area contributed by atoms with Crippen molar-refractivity contribution in [1.82, 2.24) is 4.90 Å². The van der Waals surface area contributed by atoms with Crippen molar-refractivity contribution in [2.45, 2.75) is 19.4 Å². The maximum absolute atomic E-state index is 12.7. The van der Waals surface area contributed by atoms with Crippen molar-refractivity contribution >= 4 is 18.4 Å². The average Bonchev–Trinajstić information content (AvgIpc) is 3.04. The third-order valence-corrected chi connectivity index (χ3v) is 2.89. The SMILES string of the molecule is Cl.O=C(O)CN(Cc1ccc(F)cc1)CC1CC1. The highest BCUT2D eigenvalue weighted by atomic mass is 35.5. The van der Waals surface area contributed by atoms with E-state index < -0.39 is 5.97 Å². The van der Waals surface area contributed by atoms with Crippen molar-refractivity contribution in [1.29, 1.82) is 0 Å². The fourth-order valence-corrected chi connectivity index (χ4v) is 1.89. The van der Waals surface area contributed by atoms with Gasteiger partial charge in [-0.3, -0.25) is 9.69 Å². The van der Waals surface area contributed by atoms with Gasteiger partial charge in [0.25, 0.3) is 0 Å². The molecular weight excluding hydrogens is 257 g/mol. The molecule has 0 saturated heterocycles. The van der Waals surface area contributed by atoms with Crippen LogP contribution in [0.5, 0.6) is 0 Å². The van der Waals surface area contributed by atoms with E-state index in [1.165, 1.54) is 25.0 Å². The molecule has 1 aliphatic rings. The molecule has 0 radical (unpaired) electrons. The number of carboxylic acid groups (broad SMARTS) is 1. The Hall–Kier alpha value is -1.13. The van der Waals surface area contributed by atoms with E-state index in [9.17, 15) is 9.18 Å². The second kappa shape index (κ2) is 6.71. The summed E-state index contributed by atoms with van der Waals surface area (Å²) in [6.07, 6.45) is 2.39. The van der Waals surface area contributed by atoms with Crippen molar-refractivity contribution in [3.8, 4) is 0 Å². The van der Waals surface area contributed by atoms with E-state index in [0.29, 0.717) is 12.5 Å². The molecule has 1 aliphatic carbocycles. The van der Waals surface area contributed by atoms with Crippen molar-refractivity contribution in [2.24, 2.45) is 5.92 Å². The standard InChI is InChI=1S/C13H16FNO2.ClH/c14-12-5-3-11(4-6-12)8-15(9-13(16)17)7-10-1-2-10;/h3-6,10H,1-2,7-9H2,(H,16,17);1H. The number of carboxylic acids is 1. The summed E-state index contributed by atoms with van der Waals surface area (Å²) in [5, 5.41) is 8.84. The van der Waals surface area contributed by atoms with Crippen LogP contribution < -0.4 is 0 Å². The largest absolute Gasteiger partial charge is 0.480 e. The number of halogens is 2. The summed E-state index contributed by atoms with van der Waals surface area (Å²) < 4.78 is 12.7. The van der Waals surface area contributed by atoms with Gasteiger partial charge in [-0.25, -0.2) is 4.39 Å². The Bertz CT molecular complexity index is 392. The Morgan fingerprint density at radius 2 is 1.94 bits per heavy atom. The van der Waals surface area contributed by atoms with Gasteiger partial charge < -0.3 is 5.11 Å². The lowest BCUT2D eigenvalue weighted by molar-refractivity contribution is -0.138. The lowest BCUT2D eigenvalue weighted by atomic mass is 10.2. The Morgan fingerprint density at radius 3 is 2.44 bits per heavy atom. The molecule has 18 heavy (non-hydrogen) atoms. The Kier molecular flexibility index (Phi) is 5.56. The number of rotatable bonds is 6. The first-order chi connectivity index (χ1) is 8.13. The third-order valence-electron chi connectivity index (χ3n) is 2.89. The average molecular weight is 274 g/mol. The smallest absolute Gasteiger partial charge is 0.317 e. The van der Waals surface area contributed by atoms with Gasteiger partial charge in [0.1, 0.15) is 5.82 Å². The van der Waals surface area contributed by atoms with Gasteiger partial charge in [0, 0.05) is 13.1 Å². The van der Waals surface area contributed by atoms with E-state index in [2.05, 4.69) is 0 Å². The summed E-state index contributed by atoms with van der Waals surface area (Å²) in [6, 6.07) is 6.23. The molecule has 3 nitrogen and oxygen atoms in total. The van der Waals surface area contributed by atoms with Crippen molar-refractivity contribution in [3.63, 3.8) is 0 Å². The molecule has 1 saturated carbocycles. The predicted molar refractivity (Wildman–Crippen MR) is 69.3 cm³/mol. The zero-order valence-corrected chi connectivity index (χ0v) is 10.8. The topological polar surface area (TPSA) is 40.5 Å². The summed E-state index contributed by atoms with van der Waals surface area (Å²) in [5.41, 5.74) is 0.952. The van der Waals surface area contributed by atoms with Crippen LogP contribution in [0.15, 0.2) is 24.3 Å². The number of hydrogen-bond acceptors (Lipinski definition) is 2. The van der Waals surface area contributed by atoms with Crippen LogP contribution in [0.4, 0.5) is 4.39 Å². The molecule has 1 aromatic carbocycles. The molecule has 0 heterocycles. The van der Waals surface area contributed by atoms with Gasteiger partial charge in [0.15, 0.2) is 0 Å². The molecular formula is C13H17ClFNO2. The highest BCUT2D eigenvalue weighted by Crippen LogP contribution is 2.30. The Labute approximate surface area is 112 Å². The molecule has 0 atom stereocenters. The molecule has 0 aliphatic heterocycles. The maximum Gasteiger partial charge on any atom is 0.317 e. The lowest BCUT2D eigenvalue weighted by Crippen LogP contribution is -2.31. The number of carbonyl (C=O) groups is 1. The van der Waals surface area contributed by atoms with E-state index in [0.717, 1.165) is 12.1 Å². The molecule has 2 rings (SSSR count).